The topological polar surface area (TPSA) is 29.5 Å². The maximum Gasteiger partial charge on any atom is 0.0624 e. The van der Waals surface area contributed by atoms with Crippen LogP contribution >= 0.6 is 0 Å². The Morgan fingerprint density at radius 2 is 2.00 bits per heavy atom. The zero-order chi connectivity index (χ0) is 12.1. The number of rotatable bonds is 6. The molecule has 1 N–H and O–H groups in total. The predicted octanol–water partition coefficient (Wildman–Crippen LogP) is 2.80. The summed E-state index contributed by atoms with van der Waals surface area (Å²) in [7, 11) is 0. The van der Waals surface area contributed by atoms with Gasteiger partial charge in [0, 0.05) is 6.61 Å². The second-order valence-corrected chi connectivity index (χ2v) is 5.21. The zero-order valence-electron chi connectivity index (χ0n) is 10.5. The monoisotopic (exact) mass is 234 g/mol. The van der Waals surface area contributed by atoms with Crippen molar-refractivity contribution < 1.29 is 9.84 Å². The van der Waals surface area contributed by atoms with Crippen molar-refractivity contribution in [3.8, 4) is 0 Å². The fourth-order valence-electron chi connectivity index (χ4n) is 2.12. The Morgan fingerprint density at radius 1 is 1.29 bits per heavy atom. The number of hydrogen-bond acceptors (Lipinski definition) is 2. The Kier molecular flexibility index (Phi) is 4.57. The molecule has 1 aromatic rings. The fraction of sp³-hybridized carbons (Fsp3) is 0.600. The van der Waals surface area contributed by atoms with Crippen molar-refractivity contribution >= 4 is 0 Å². The number of benzene rings is 1. The van der Waals surface area contributed by atoms with Gasteiger partial charge < -0.3 is 9.84 Å². The molecule has 1 atom stereocenters. The second-order valence-electron chi connectivity index (χ2n) is 5.21. The van der Waals surface area contributed by atoms with Crippen LogP contribution in [0.4, 0.5) is 0 Å². The molecule has 0 amide bonds. The Balaban J connectivity index is 1.59. The average Bonchev–Trinajstić information content (AvgIpc) is 2.32. The first-order chi connectivity index (χ1) is 8.24. The minimum absolute atomic E-state index is 0.111. The Morgan fingerprint density at radius 3 is 2.65 bits per heavy atom. The largest absolute Gasteiger partial charge is 0.393 e. The molecule has 1 aromatic carbocycles. The van der Waals surface area contributed by atoms with Gasteiger partial charge in [0.15, 0.2) is 0 Å². The van der Waals surface area contributed by atoms with Crippen molar-refractivity contribution in [1.29, 1.82) is 0 Å². The van der Waals surface area contributed by atoms with Gasteiger partial charge in [0.25, 0.3) is 0 Å². The first kappa shape index (κ1) is 12.6. The van der Waals surface area contributed by atoms with Crippen molar-refractivity contribution in [2.45, 2.75) is 44.8 Å². The summed E-state index contributed by atoms with van der Waals surface area (Å²) in [4.78, 5) is 0. The predicted molar refractivity (Wildman–Crippen MR) is 68.9 cm³/mol. The van der Waals surface area contributed by atoms with E-state index in [0.29, 0.717) is 12.0 Å². The summed E-state index contributed by atoms with van der Waals surface area (Å²) < 4.78 is 5.74. The van der Waals surface area contributed by atoms with E-state index in [4.69, 9.17) is 9.84 Å². The van der Waals surface area contributed by atoms with E-state index in [1.54, 1.807) is 0 Å². The van der Waals surface area contributed by atoms with Crippen molar-refractivity contribution in [1.82, 2.24) is 0 Å². The summed E-state index contributed by atoms with van der Waals surface area (Å²) in [6, 6.07) is 10.6. The van der Waals surface area contributed by atoms with Crippen LogP contribution in [0.15, 0.2) is 30.3 Å². The van der Waals surface area contributed by atoms with Crippen LogP contribution in [-0.2, 0) is 11.2 Å². The van der Waals surface area contributed by atoms with Crippen LogP contribution in [0, 0.1) is 5.92 Å². The molecule has 2 heteroatoms. The Hall–Kier alpha value is -0.860. The van der Waals surface area contributed by atoms with Gasteiger partial charge >= 0.3 is 0 Å². The molecule has 0 aliphatic heterocycles. The summed E-state index contributed by atoms with van der Waals surface area (Å²) in [6.07, 6.45) is 4.14. The van der Waals surface area contributed by atoms with Gasteiger partial charge in [-0.1, -0.05) is 37.3 Å². The average molecular weight is 234 g/mol. The molecular weight excluding hydrogens is 212 g/mol. The highest BCUT2D eigenvalue weighted by Gasteiger charge is 2.27. The van der Waals surface area contributed by atoms with Gasteiger partial charge in [0.1, 0.15) is 0 Å². The molecule has 2 rings (SSSR count). The number of aliphatic hydroxyl groups excluding tert-OH is 1. The molecule has 94 valence electrons. The van der Waals surface area contributed by atoms with E-state index in [0.717, 1.165) is 25.9 Å². The molecule has 0 radical (unpaired) electrons. The molecule has 17 heavy (non-hydrogen) atoms. The highest BCUT2D eigenvalue weighted by molar-refractivity contribution is 5.14. The van der Waals surface area contributed by atoms with Crippen molar-refractivity contribution in [3.05, 3.63) is 35.9 Å². The van der Waals surface area contributed by atoms with Crippen LogP contribution in [0.3, 0.4) is 0 Å². The fourth-order valence-corrected chi connectivity index (χ4v) is 2.12. The SMILES string of the molecule is C[C@H](CCc1ccccc1)COC1CC(O)C1. The minimum Gasteiger partial charge on any atom is -0.393 e. The maximum absolute atomic E-state index is 9.16. The highest BCUT2D eigenvalue weighted by Crippen LogP contribution is 2.24. The van der Waals surface area contributed by atoms with E-state index in [1.165, 1.54) is 12.0 Å². The minimum atomic E-state index is -0.111. The van der Waals surface area contributed by atoms with Crippen LogP contribution in [0.5, 0.6) is 0 Å². The highest BCUT2D eigenvalue weighted by atomic mass is 16.5. The lowest BCUT2D eigenvalue weighted by Crippen LogP contribution is -2.36. The van der Waals surface area contributed by atoms with E-state index < -0.39 is 0 Å². The van der Waals surface area contributed by atoms with Crippen molar-refractivity contribution in [2.75, 3.05) is 6.61 Å². The molecule has 0 saturated heterocycles. The lowest BCUT2D eigenvalue weighted by atomic mass is 9.92. The Labute approximate surface area is 104 Å². The lowest BCUT2D eigenvalue weighted by molar-refractivity contribution is -0.0793. The zero-order valence-corrected chi connectivity index (χ0v) is 10.5. The van der Waals surface area contributed by atoms with E-state index in [2.05, 4.69) is 37.3 Å². The van der Waals surface area contributed by atoms with E-state index >= 15 is 0 Å². The molecule has 0 aromatic heterocycles. The first-order valence-corrected chi connectivity index (χ1v) is 6.57. The molecule has 0 bridgehead atoms. The second kappa shape index (κ2) is 6.18. The smallest absolute Gasteiger partial charge is 0.0624 e. The van der Waals surface area contributed by atoms with Gasteiger partial charge in [-0.25, -0.2) is 0 Å². The third-order valence-corrected chi connectivity index (χ3v) is 3.46. The van der Waals surface area contributed by atoms with Gasteiger partial charge in [-0.3, -0.25) is 0 Å². The quantitative estimate of drug-likeness (QED) is 0.820. The van der Waals surface area contributed by atoms with Crippen molar-refractivity contribution in [2.24, 2.45) is 5.92 Å². The number of ether oxygens (including phenoxy) is 1. The van der Waals surface area contributed by atoms with Crippen LogP contribution in [0.2, 0.25) is 0 Å². The van der Waals surface area contributed by atoms with E-state index in [-0.39, 0.29) is 6.10 Å². The van der Waals surface area contributed by atoms with Crippen LogP contribution in [0.1, 0.15) is 31.7 Å². The molecule has 1 saturated carbocycles. The summed E-state index contributed by atoms with van der Waals surface area (Å²) in [5.41, 5.74) is 1.40. The molecule has 0 unspecified atom stereocenters. The molecule has 0 spiro atoms. The summed E-state index contributed by atoms with van der Waals surface area (Å²) in [6.45, 7) is 3.06. The molecule has 0 heterocycles. The molecular formula is C15H22O2. The van der Waals surface area contributed by atoms with E-state index in [1.807, 2.05) is 0 Å². The maximum atomic E-state index is 9.16. The number of aryl methyl sites for hydroxylation is 1. The standard InChI is InChI=1S/C15H22O2/c1-12(11-17-15-9-14(16)10-15)7-8-13-5-3-2-4-6-13/h2-6,12,14-16H,7-11H2,1H3/t12-,14?,15?/m1/s1. The molecule has 1 aliphatic rings. The molecule has 1 fully saturated rings. The van der Waals surface area contributed by atoms with Crippen LogP contribution in [0.25, 0.3) is 0 Å². The van der Waals surface area contributed by atoms with E-state index in [9.17, 15) is 0 Å². The Bertz CT molecular complexity index is 317. The van der Waals surface area contributed by atoms with Crippen LogP contribution < -0.4 is 0 Å². The van der Waals surface area contributed by atoms with Gasteiger partial charge in [0.05, 0.1) is 12.2 Å². The molecule has 1 aliphatic carbocycles. The number of aliphatic hydroxyl groups is 1. The van der Waals surface area contributed by atoms with Crippen LogP contribution in [-0.4, -0.2) is 23.9 Å². The normalized spacial score (nSPS) is 25.3. The summed E-state index contributed by atoms with van der Waals surface area (Å²) in [5, 5.41) is 9.16. The number of hydrogen-bond donors (Lipinski definition) is 1. The third-order valence-electron chi connectivity index (χ3n) is 3.46. The van der Waals surface area contributed by atoms with Gasteiger partial charge in [-0.05, 0) is 37.2 Å². The van der Waals surface area contributed by atoms with Crippen molar-refractivity contribution in [3.63, 3.8) is 0 Å². The summed E-state index contributed by atoms with van der Waals surface area (Å²) >= 11 is 0. The third kappa shape index (κ3) is 4.14. The van der Waals surface area contributed by atoms with Gasteiger partial charge in [-0.15, -0.1) is 0 Å². The van der Waals surface area contributed by atoms with Gasteiger partial charge in [-0.2, -0.15) is 0 Å². The lowest BCUT2D eigenvalue weighted by Gasteiger charge is -2.32. The first-order valence-electron chi connectivity index (χ1n) is 6.57. The van der Waals surface area contributed by atoms with Gasteiger partial charge in [0.2, 0.25) is 0 Å². The summed E-state index contributed by atoms with van der Waals surface area (Å²) in [5.74, 6) is 0.591. The molecule has 2 nitrogen and oxygen atoms in total.